The van der Waals surface area contributed by atoms with Crippen LogP contribution in [0.4, 0.5) is 11.9 Å². The van der Waals surface area contributed by atoms with Gasteiger partial charge in [0.2, 0.25) is 11.9 Å². The summed E-state index contributed by atoms with van der Waals surface area (Å²) in [4.78, 5) is 18.3. The maximum absolute atomic E-state index is 5.65. The standard InChI is InChI=1S/C11H14N6/c1-17(2)11-15-9(14-10(12)16-11)7-8-3-5-13-6-4-8/h3-6H,7H2,1-2H3,(H2,12,14,15,16). The molecule has 0 aliphatic heterocycles. The minimum atomic E-state index is 0.243. The third-order valence-electron chi connectivity index (χ3n) is 2.20. The van der Waals surface area contributed by atoms with Crippen LogP contribution in [0.15, 0.2) is 24.5 Å². The molecule has 0 aromatic carbocycles. The Balaban J connectivity index is 2.27. The Morgan fingerprint density at radius 2 is 1.82 bits per heavy atom. The molecule has 2 aromatic heterocycles. The summed E-state index contributed by atoms with van der Waals surface area (Å²) in [7, 11) is 3.73. The molecule has 6 nitrogen and oxygen atoms in total. The molecule has 0 spiro atoms. The van der Waals surface area contributed by atoms with Gasteiger partial charge in [0, 0.05) is 32.9 Å². The highest BCUT2D eigenvalue weighted by atomic mass is 15.3. The van der Waals surface area contributed by atoms with Crippen LogP contribution in [0.3, 0.4) is 0 Å². The molecule has 0 saturated carbocycles. The lowest BCUT2D eigenvalue weighted by molar-refractivity contribution is 0.891. The number of nitrogens with zero attached hydrogens (tertiary/aromatic N) is 5. The molecule has 2 heterocycles. The van der Waals surface area contributed by atoms with Gasteiger partial charge in [-0.05, 0) is 17.7 Å². The Bertz CT molecular complexity index is 497. The Labute approximate surface area is 99.6 Å². The highest BCUT2D eigenvalue weighted by Gasteiger charge is 2.06. The van der Waals surface area contributed by atoms with Crippen molar-refractivity contribution in [2.75, 3.05) is 24.7 Å². The van der Waals surface area contributed by atoms with E-state index in [1.54, 1.807) is 17.3 Å². The first-order valence-corrected chi connectivity index (χ1v) is 5.22. The molecular formula is C11H14N6. The van der Waals surface area contributed by atoms with Crippen LogP contribution in [0.25, 0.3) is 0 Å². The second-order valence-corrected chi connectivity index (χ2v) is 3.84. The largest absolute Gasteiger partial charge is 0.368 e. The minimum Gasteiger partial charge on any atom is -0.368 e. The number of aromatic nitrogens is 4. The minimum absolute atomic E-state index is 0.243. The molecule has 0 saturated heterocycles. The van der Waals surface area contributed by atoms with E-state index in [1.165, 1.54) is 0 Å². The lowest BCUT2D eigenvalue weighted by atomic mass is 10.2. The second-order valence-electron chi connectivity index (χ2n) is 3.84. The van der Waals surface area contributed by atoms with Crippen LogP contribution in [0.5, 0.6) is 0 Å². The Morgan fingerprint density at radius 3 is 2.47 bits per heavy atom. The van der Waals surface area contributed by atoms with Crippen molar-refractivity contribution in [2.24, 2.45) is 0 Å². The summed E-state index contributed by atoms with van der Waals surface area (Å²) in [5, 5.41) is 0. The van der Waals surface area contributed by atoms with Gasteiger partial charge in [0.05, 0.1) is 0 Å². The normalized spacial score (nSPS) is 10.2. The highest BCUT2D eigenvalue weighted by molar-refractivity contribution is 5.33. The molecule has 0 unspecified atom stereocenters. The summed E-state index contributed by atoms with van der Waals surface area (Å²) < 4.78 is 0. The zero-order chi connectivity index (χ0) is 12.3. The van der Waals surface area contributed by atoms with Crippen LogP contribution >= 0.6 is 0 Å². The van der Waals surface area contributed by atoms with Gasteiger partial charge in [-0.1, -0.05) is 0 Å². The van der Waals surface area contributed by atoms with Gasteiger partial charge in [0.15, 0.2) is 0 Å². The summed E-state index contributed by atoms with van der Waals surface area (Å²) >= 11 is 0. The summed E-state index contributed by atoms with van der Waals surface area (Å²) in [6, 6.07) is 3.85. The van der Waals surface area contributed by atoms with E-state index in [-0.39, 0.29) is 5.95 Å². The van der Waals surface area contributed by atoms with Crippen molar-refractivity contribution in [3.63, 3.8) is 0 Å². The molecule has 0 aliphatic carbocycles. The average Bonchev–Trinajstić information content (AvgIpc) is 2.29. The van der Waals surface area contributed by atoms with Crippen molar-refractivity contribution in [3.8, 4) is 0 Å². The van der Waals surface area contributed by atoms with Gasteiger partial charge in [-0.2, -0.15) is 15.0 Å². The van der Waals surface area contributed by atoms with Crippen LogP contribution in [0, 0.1) is 0 Å². The number of nitrogen functional groups attached to an aromatic ring is 1. The zero-order valence-corrected chi connectivity index (χ0v) is 9.83. The maximum atomic E-state index is 5.65. The fraction of sp³-hybridized carbons (Fsp3) is 0.273. The molecular weight excluding hydrogens is 216 g/mol. The fourth-order valence-electron chi connectivity index (χ4n) is 1.39. The third kappa shape index (κ3) is 2.87. The SMILES string of the molecule is CN(C)c1nc(N)nc(Cc2ccncc2)n1. The van der Waals surface area contributed by atoms with Gasteiger partial charge < -0.3 is 10.6 Å². The Morgan fingerprint density at radius 1 is 1.12 bits per heavy atom. The van der Waals surface area contributed by atoms with Crippen molar-refractivity contribution in [2.45, 2.75) is 6.42 Å². The molecule has 0 atom stereocenters. The van der Waals surface area contributed by atoms with Gasteiger partial charge in [0.25, 0.3) is 0 Å². The molecule has 0 amide bonds. The van der Waals surface area contributed by atoms with Crippen LogP contribution in [0.1, 0.15) is 11.4 Å². The molecule has 6 heteroatoms. The van der Waals surface area contributed by atoms with Gasteiger partial charge in [-0.15, -0.1) is 0 Å². The van der Waals surface area contributed by atoms with Crippen molar-refractivity contribution >= 4 is 11.9 Å². The van der Waals surface area contributed by atoms with Gasteiger partial charge in [-0.3, -0.25) is 4.98 Å². The summed E-state index contributed by atoms with van der Waals surface area (Å²) in [5.74, 6) is 1.47. The van der Waals surface area contributed by atoms with E-state index in [4.69, 9.17) is 5.73 Å². The number of anilines is 2. The summed E-state index contributed by atoms with van der Waals surface area (Å²) in [5.41, 5.74) is 6.74. The van der Waals surface area contributed by atoms with E-state index >= 15 is 0 Å². The van der Waals surface area contributed by atoms with Crippen molar-refractivity contribution < 1.29 is 0 Å². The Kier molecular flexibility index (Phi) is 3.13. The van der Waals surface area contributed by atoms with Crippen molar-refractivity contribution in [1.82, 2.24) is 19.9 Å². The average molecular weight is 230 g/mol. The number of pyridine rings is 1. The molecule has 2 aromatic rings. The van der Waals surface area contributed by atoms with Gasteiger partial charge >= 0.3 is 0 Å². The molecule has 0 aliphatic rings. The number of rotatable bonds is 3. The number of nitrogens with two attached hydrogens (primary N) is 1. The van der Waals surface area contributed by atoms with Crippen LogP contribution in [-0.4, -0.2) is 34.0 Å². The monoisotopic (exact) mass is 230 g/mol. The molecule has 0 fully saturated rings. The predicted molar refractivity (Wildman–Crippen MR) is 65.6 cm³/mol. The van der Waals surface area contributed by atoms with E-state index in [9.17, 15) is 0 Å². The first kappa shape index (κ1) is 11.3. The fourth-order valence-corrected chi connectivity index (χ4v) is 1.39. The van der Waals surface area contributed by atoms with E-state index in [0.717, 1.165) is 5.56 Å². The molecule has 0 bridgehead atoms. The topological polar surface area (TPSA) is 80.8 Å². The van der Waals surface area contributed by atoms with Crippen LogP contribution in [0.2, 0.25) is 0 Å². The first-order valence-electron chi connectivity index (χ1n) is 5.22. The number of hydrogen-bond donors (Lipinski definition) is 1. The highest BCUT2D eigenvalue weighted by Crippen LogP contribution is 2.09. The summed E-state index contributed by atoms with van der Waals surface area (Å²) in [6.07, 6.45) is 4.11. The third-order valence-corrected chi connectivity index (χ3v) is 2.20. The number of hydrogen-bond acceptors (Lipinski definition) is 6. The zero-order valence-electron chi connectivity index (χ0n) is 9.83. The smallest absolute Gasteiger partial charge is 0.229 e. The molecule has 2 N–H and O–H groups in total. The summed E-state index contributed by atoms with van der Waals surface area (Å²) in [6.45, 7) is 0. The lowest BCUT2D eigenvalue weighted by Gasteiger charge is -2.11. The van der Waals surface area contributed by atoms with Crippen LogP contribution < -0.4 is 10.6 Å². The van der Waals surface area contributed by atoms with Crippen molar-refractivity contribution in [3.05, 3.63) is 35.9 Å². The maximum Gasteiger partial charge on any atom is 0.229 e. The second kappa shape index (κ2) is 4.73. The molecule has 0 radical (unpaired) electrons. The molecule has 17 heavy (non-hydrogen) atoms. The van der Waals surface area contributed by atoms with E-state index in [2.05, 4.69) is 19.9 Å². The first-order chi connectivity index (χ1) is 8.15. The Hall–Kier alpha value is -2.24. The van der Waals surface area contributed by atoms with Gasteiger partial charge in [-0.25, -0.2) is 0 Å². The molecule has 2 rings (SSSR count). The lowest BCUT2D eigenvalue weighted by Crippen LogP contribution is -2.16. The quantitative estimate of drug-likeness (QED) is 0.827. The van der Waals surface area contributed by atoms with Crippen molar-refractivity contribution in [1.29, 1.82) is 0 Å². The van der Waals surface area contributed by atoms with Gasteiger partial charge in [0.1, 0.15) is 5.82 Å². The predicted octanol–water partition coefficient (Wildman–Crippen LogP) is 0.506. The van der Waals surface area contributed by atoms with E-state index < -0.39 is 0 Å². The van der Waals surface area contributed by atoms with E-state index in [1.807, 2.05) is 26.2 Å². The molecule has 88 valence electrons. The van der Waals surface area contributed by atoms with E-state index in [0.29, 0.717) is 18.2 Å². The van der Waals surface area contributed by atoms with Crippen LogP contribution in [-0.2, 0) is 6.42 Å².